The summed E-state index contributed by atoms with van der Waals surface area (Å²) in [5.41, 5.74) is 6.55. The van der Waals surface area contributed by atoms with Gasteiger partial charge in [-0.3, -0.25) is 0 Å². The van der Waals surface area contributed by atoms with Crippen LogP contribution in [0.2, 0.25) is 0 Å². The average molecular weight is 310 g/mol. The van der Waals surface area contributed by atoms with Crippen LogP contribution >= 0.6 is 23.7 Å². The summed E-state index contributed by atoms with van der Waals surface area (Å²) in [6.07, 6.45) is -4.69. The predicted octanol–water partition coefficient (Wildman–Crippen LogP) is 4.12. The lowest BCUT2D eigenvalue weighted by atomic mass is 10.1. The van der Waals surface area contributed by atoms with E-state index in [9.17, 15) is 13.2 Å². The lowest BCUT2D eigenvalue weighted by molar-refractivity contribution is -0.274. The summed E-state index contributed by atoms with van der Waals surface area (Å²) in [6, 6.07) is 8.96. The second kappa shape index (κ2) is 6.27. The van der Waals surface area contributed by atoms with Crippen LogP contribution in [0.1, 0.15) is 16.5 Å². The monoisotopic (exact) mass is 309 g/mol. The molecule has 0 saturated heterocycles. The van der Waals surface area contributed by atoms with Gasteiger partial charge in [0.15, 0.2) is 0 Å². The van der Waals surface area contributed by atoms with E-state index in [-0.39, 0.29) is 18.2 Å². The highest BCUT2D eigenvalue weighted by Crippen LogP contribution is 2.28. The Kier molecular flexibility index (Phi) is 5.22. The van der Waals surface area contributed by atoms with E-state index in [1.165, 1.54) is 29.5 Å². The first kappa shape index (κ1) is 15.8. The third-order valence-corrected chi connectivity index (χ3v) is 3.26. The molecular formula is C12H11ClF3NOS. The van der Waals surface area contributed by atoms with E-state index in [1.807, 2.05) is 17.5 Å². The third-order valence-electron chi connectivity index (χ3n) is 2.30. The van der Waals surface area contributed by atoms with Gasteiger partial charge >= 0.3 is 6.36 Å². The number of benzene rings is 1. The van der Waals surface area contributed by atoms with E-state index in [4.69, 9.17) is 5.73 Å². The Morgan fingerprint density at radius 1 is 1.16 bits per heavy atom. The summed E-state index contributed by atoms with van der Waals surface area (Å²) >= 11 is 1.46. The van der Waals surface area contributed by atoms with Crippen molar-refractivity contribution in [3.8, 4) is 5.75 Å². The van der Waals surface area contributed by atoms with Crippen molar-refractivity contribution in [1.82, 2.24) is 0 Å². The zero-order chi connectivity index (χ0) is 13.2. The van der Waals surface area contributed by atoms with Crippen molar-refractivity contribution in [2.24, 2.45) is 5.73 Å². The molecule has 2 nitrogen and oxygen atoms in total. The molecule has 0 fully saturated rings. The first-order valence-corrected chi connectivity index (χ1v) is 5.98. The van der Waals surface area contributed by atoms with Gasteiger partial charge < -0.3 is 10.5 Å². The zero-order valence-electron chi connectivity index (χ0n) is 9.55. The summed E-state index contributed by atoms with van der Waals surface area (Å²) in [7, 11) is 0. The fourth-order valence-electron chi connectivity index (χ4n) is 1.54. The molecule has 0 spiro atoms. The minimum atomic E-state index is -4.69. The normalized spacial score (nSPS) is 12.6. The van der Waals surface area contributed by atoms with E-state index in [1.54, 1.807) is 6.07 Å². The summed E-state index contributed by atoms with van der Waals surface area (Å²) < 4.78 is 40.1. The SMILES string of the molecule is Cl.N[C@H](c1cccc(OC(F)(F)F)c1)c1cccs1. The van der Waals surface area contributed by atoms with Gasteiger partial charge in [0.1, 0.15) is 5.75 Å². The molecule has 0 saturated carbocycles. The highest BCUT2D eigenvalue weighted by molar-refractivity contribution is 7.10. The Balaban J connectivity index is 0.00000180. The molecule has 104 valence electrons. The quantitative estimate of drug-likeness (QED) is 0.925. The van der Waals surface area contributed by atoms with Gasteiger partial charge in [0, 0.05) is 4.88 Å². The minimum Gasteiger partial charge on any atom is -0.406 e. The first-order chi connectivity index (χ1) is 8.46. The van der Waals surface area contributed by atoms with Gasteiger partial charge in [0.05, 0.1) is 6.04 Å². The van der Waals surface area contributed by atoms with Crippen LogP contribution in [0, 0.1) is 0 Å². The number of hydrogen-bond donors (Lipinski definition) is 1. The molecule has 1 aromatic heterocycles. The number of alkyl halides is 3. The van der Waals surface area contributed by atoms with Crippen LogP contribution in [0.5, 0.6) is 5.75 Å². The average Bonchev–Trinajstić information content (AvgIpc) is 2.79. The molecule has 0 aliphatic rings. The van der Waals surface area contributed by atoms with Gasteiger partial charge in [0.2, 0.25) is 0 Å². The summed E-state index contributed by atoms with van der Waals surface area (Å²) in [5, 5.41) is 1.87. The molecule has 0 aliphatic carbocycles. The molecule has 0 bridgehead atoms. The number of hydrogen-bond acceptors (Lipinski definition) is 3. The van der Waals surface area contributed by atoms with Crippen LogP contribution in [0.25, 0.3) is 0 Å². The fourth-order valence-corrected chi connectivity index (χ4v) is 2.29. The Bertz CT molecular complexity index is 516. The standard InChI is InChI=1S/C12H10F3NOS.ClH/c13-12(14,15)17-9-4-1-3-8(7-9)11(16)10-5-2-6-18-10;/h1-7,11H,16H2;1H/t11-;/m1./s1. The molecule has 7 heteroatoms. The second-order valence-electron chi connectivity index (χ2n) is 3.61. The maximum absolute atomic E-state index is 12.1. The molecule has 0 radical (unpaired) electrons. The number of thiophene rings is 1. The summed E-state index contributed by atoms with van der Waals surface area (Å²) in [4.78, 5) is 0.888. The molecule has 1 heterocycles. The van der Waals surface area contributed by atoms with Gasteiger partial charge in [-0.05, 0) is 29.1 Å². The minimum absolute atomic E-state index is 0. The van der Waals surface area contributed by atoms with Crippen LogP contribution in [0.3, 0.4) is 0 Å². The van der Waals surface area contributed by atoms with Gasteiger partial charge in [-0.2, -0.15) is 0 Å². The smallest absolute Gasteiger partial charge is 0.406 e. The maximum Gasteiger partial charge on any atom is 0.573 e. The van der Waals surface area contributed by atoms with E-state index >= 15 is 0 Å². The predicted molar refractivity (Wildman–Crippen MR) is 70.7 cm³/mol. The van der Waals surface area contributed by atoms with E-state index in [0.717, 1.165) is 4.88 Å². The Morgan fingerprint density at radius 2 is 1.89 bits per heavy atom. The molecule has 0 amide bonds. The van der Waals surface area contributed by atoms with E-state index < -0.39 is 12.4 Å². The molecule has 0 aliphatic heterocycles. The van der Waals surface area contributed by atoms with Crippen molar-refractivity contribution in [2.75, 3.05) is 0 Å². The molecular weight excluding hydrogens is 299 g/mol. The molecule has 1 atom stereocenters. The van der Waals surface area contributed by atoms with Crippen molar-refractivity contribution >= 4 is 23.7 Å². The van der Waals surface area contributed by atoms with Crippen molar-refractivity contribution in [3.05, 3.63) is 52.2 Å². The number of ether oxygens (including phenoxy) is 1. The van der Waals surface area contributed by atoms with Crippen LogP contribution in [-0.2, 0) is 0 Å². The Morgan fingerprint density at radius 3 is 2.47 bits per heavy atom. The van der Waals surface area contributed by atoms with Crippen LogP contribution in [-0.4, -0.2) is 6.36 Å². The molecule has 2 aromatic rings. The highest BCUT2D eigenvalue weighted by atomic mass is 35.5. The maximum atomic E-state index is 12.1. The van der Waals surface area contributed by atoms with E-state index in [2.05, 4.69) is 4.74 Å². The van der Waals surface area contributed by atoms with Crippen molar-refractivity contribution in [2.45, 2.75) is 12.4 Å². The molecule has 1 aromatic carbocycles. The molecule has 2 N–H and O–H groups in total. The van der Waals surface area contributed by atoms with E-state index in [0.29, 0.717) is 5.56 Å². The van der Waals surface area contributed by atoms with Gasteiger partial charge in [-0.15, -0.1) is 36.9 Å². The lowest BCUT2D eigenvalue weighted by Crippen LogP contribution is -2.17. The number of rotatable bonds is 3. The van der Waals surface area contributed by atoms with Crippen molar-refractivity contribution in [1.29, 1.82) is 0 Å². The van der Waals surface area contributed by atoms with Crippen LogP contribution < -0.4 is 10.5 Å². The zero-order valence-corrected chi connectivity index (χ0v) is 11.2. The van der Waals surface area contributed by atoms with Crippen LogP contribution in [0.15, 0.2) is 41.8 Å². The highest BCUT2D eigenvalue weighted by Gasteiger charge is 2.31. The molecule has 2 rings (SSSR count). The molecule has 19 heavy (non-hydrogen) atoms. The Hall–Kier alpha value is -1.24. The first-order valence-electron chi connectivity index (χ1n) is 5.10. The largest absolute Gasteiger partial charge is 0.573 e. The summed E-state index contributed by atoms with van der Waals surface area (Å²) in [5.74, 6) is -0.257. The lowest BCUT2D eigenvalue weighted by Gasteiger charge is -2.13. The summed E-state index contributed by atoms with van der Waals surface area (Å²) in [6.45, 7) is 0. The fraction of sp³-hybridized carbons (Fsp3) is 0.167. The third kappa shape index (κ3) is 4.41. The Labute approximate surface area is 118 Å². The van der Waals surface area contributed by atoms with Crippen LogP contribution in [0.4, 0.5) is 13.2 Å². The van der Waals surface area contributed by atoms with Gasteiger partial charge in [-0.1, -0.05) is 18.2 Å². The van der Waals surface area contributed by atoms with Crippen molar-refractivity contribution in [3.63, 3.8) is 0 Å². The van der Waals surface area contributed by atoms with Gasteiger partial charge in [0.25, 0.3) is 0 Å². The topological polar surface area (TPSA) is 35.2 Å². The molecule has 0 unspecified atom stereocenters. The van der Waals surface area contributed by atoms with Gasteiger partial charge in [-0.25, -0.2) is 0 Å². The number of halogens is 4. The van der Waals surface area contributed by atoms with Crippen molar-refractivity contribution < 1.29 is 17.9 Å². The number of nitrogens with two attached hydrogens (primary N) is 1. The second-order valence-corrected chi connectivity index (χ2v) is 4.59.